The van der Waals surface area contributed by atoms with Crippen molar-refractivity contribution in [3.63, 3.8) is 0 Å². The van der Waals surface area contributed by atoms with Gasteiger partial charge in [-0.15, -0.1) is 0 Å². The molecule has 0 atom stereocenters. The number of nitrogens with one attached hydrogen (secondary N) is 1. The Bertz CT molecular complexity index is 304. The second kappa shape index (κ2) is 5.46. The Kier molecular flexibility index (Phi) is 5.23. The van der Waals surface area contributed by atoms with E-state index in [9.17, 15) is 13.2 Å². The molecular formula is C9H20N2O3S. The molecular weight excluding hydrogens is 216 g/mol. The monoisotopic (exact) mass is 236 g/mol. The van der Waals surface area contributed by atoms with E-state index in [1.165, 1.54) is 0 Å². The quantitative estimate of drug-likeness (QED) is 0.683. The Morgan fingerprint density at radius 1 is 1.33 bits per heavy atom. The summed E-state index contributed by atoms with van der Waals surface area (Å²) in [5.41, 5.74) is 5.20. The van der Waals surface area contributed by atoms with E-state index >= 15 is 0 Å². The van der Waals surface area contributed by atoms with E-state index < -0.39 is 14.6 Å². The number of amides is 1. The molecule has 0 aromatic heterocycles. The second-order valence-corrected chi connectivity index (χ2v) is 7.18. The van der Waals surface area contributed by atoms with E-state index in [4.69, 9.17) is 5.73 Å². The third kappa shape index (κ3) is 5.13. The maximum absolute atomic E-state index is 11.6. The molecule has 0 aliphatic rings. The van der Waals surface area contributed by atoms with Crippen LogP contribution in [0.4, 0.5) is 0 Å². The summed E-state index contributed by atoms with van der Waals surface area (Å²) in [5, 5.41) is 2.53. The molecule has 0 saturated heterocycles. The van der Waals surface area contributed by atoms with Gasteiger partial charge in [0.2, 0.25) is 5.91 Å². The molecule has 0 aromatic rings. The molecule has 0 aliphatic heterocycles. The summed E-state index contributed by atoms with van der Waals surface area (Å²) in [6.07, 6.45) is -0.000394. The van der Waals surface area contributed by atoms with Gasteiger partial charge in [-0.25, -0.2) is 8.42 Å². The molecule has 0 aliphatic carbocycles. The van der Waals surface area contributed by atoms with Crippen molar-refractivity contribution < 1.29 is 13.2 Å². The lowest BCUT2D eigenvalue weighted by atomic mass is 10.3. The Morgan fingerprint density at radius 3 is 2.27 bits per heavy atom. The molecule has 1 amide bonds. The summed E-state index contributed by atoms with van der Waals surface area (Å²) in [6, 6.07) is 0. The predicted octanol–water partition coefficient (Wildman–Crippen LogP) is -0.335. The number of nitrogens with two attached hydrogens (primary N) is 1. The standard InChI is InChI=1S/C9H20N2O3S/c1-9(2,3)15(13,14)7-4-8(12)11-6-5-10/h4-7,10H2,1-3H3,(H,11,12). The zero-order chi connectivity index (χ0) is 12.1. The number of rotatable bonds is 5. The third-order valence-corrected chi connectivity index (χ3v) is 4.60. The minimum atomic E-state index is -3.21. The molecule has 5 nitrogen and oxygen atoms in total. The van der Waals surface area contributed by atoms with Crippen LogP contribution in [-0.4, -0.2) is 37.9 Å². The highest BCUT2D eigenvalue weighted by atomic mass is 32.2. The van der Waals surface area contributed by atoms with Crippen molar-refractivity contribution in [1.82, 2.24) is 5.32 Å². The summed E-state index contributed by atoms with van der Waals surface area (Å²) < 4.78 is 22.4. The van der Waals surface area contributed by atoms with Gasteiger partial charge in [-0.3, -0.25) is 4.79 Å². The van der Waals surface area contributed by atoms with E-state index in [-0.39, 0.29) is 18.1 Å². The van der Waals surface area contributed by atoms with Gasteiger partial charge in [0, 0.05) is 19.5 Å². The van der Waals surface area contributed by atoms with Crippen LogP contribution >= 0.6 is 0 Å². The molecule has 90 valence electrons. The number of hydrogen-bond donors (Lipinski definition) is 2. The zero-order valence-corrected chi connectivity index (χ0v) is 10.4. The van der Waals surface area contributed by atoms with E-state index in [2.05, 4.69) is 5.32 Å². The number of hydrogen-bond acceptors (Lipinski definition) is 4. The van der Waals surface area contributed by atoms with Crippen LogP contribution in [0, 0.1) is 0 Å². The fourth-order valence-corrected chi connectivity index (χ4v) is 1.90. The van der Waals surface area contributed by atoms with Gasteiger partial charge in [0.1, 0.15) is 0 Å². The zero-order valence-electron chi connectivity index (χ0n) is 9.54. The lowest BCUT2D eigenvalue weighted by molar-refractivity contribution is -0.120. The van der Waals surface area contributed by atoms with Crippen LogP contribution < -0.4 is 11.1 Å². The fourth-order valence-electron chi connectivity index (χ4n) is 0.833. The van der Waals surface area contributed by atoms with E-state index in [0.29, 0.717) is 13.1 Å². The van der Waals surface area contributed by atoms with Gasteiger partial charge < -0.3 is 11.1 Å². The van der Waals surface area contributed by atoms with E-state index in [0.717, 1.165) is 0 Å². The summed E-state index contributed by atoms with van der Waals surface area (Å²) >= 11 is 0. The Morgan fingerprint density at radius 2 is 1.87 bits per heavy atom. The largest absolute Gasteiger partial charge is 0.355 e. The number of carbonyl (C=O) groups is 1. The Labute approximate surface area is 91.3 Å². The van der Waals surface area contributed by atoms with Crippen molar-refractivity contribution in [3.05, 3.63) is 0 Å². The van der Waals surface area contributed by atoms with Gasteiger partial charge in [-0.05, 0) is 20.8 Å². The number of carbonyl (C=O) groups excluding carboxylic acids is 1. The van der Waals surface area contributed by atoms with Crippen LogP contribution in [-0.2, 0) is 14.6 Å². The third-order valence-electron chi connectivity index (χ3n) is 2.00. The predicted molar refractivity (Wildman–Crippen MR) is 60.2 cm³/mol. The minimum Gasteiger partial charge on any atom is -0.355 e. The highest BCUT2D eigenvalue weighted by Gasteiger charge is 2.28. The normalized spacial score (nSPS) is 12.5. The summed E-state index contributed by atoms with van der Waals surface area (Å²) in [4.78, 5) is 11.1. The molecule has 0 heterocycles. The molecule has 0 unspecified atom stereocenters. The van der Waals surface area contributed by atoms with Crippen LogP contribution in [0.15, 0.2) is 0 Å². The average Bonchev–Trinajstić information content (AvgIpc) is 2.09. The summed E-state index contributed by atoms with van der Waals surface area (Å²) in [5.74, 6) is -0.388. The van der Waals surface area contributed by atoms with Crippen LogP contribution in [0.2, 0.25) is 0 Å². The molecule has 0 rings (SSSR count). The number of sulfone groups is 1. The average molecular weight is 236 g/mol. The van der Waals surface area contributed by atoms with Crippen molar-refractivity contribution in [1.29, 1.82) is 0 Å². The summed E-state index contributed by atoms with van der Waals surface area (Å²) in [6.45, 7) is 5.62. The molecule has 0 bridgehead atoms. The SMILES string of the molecule is CC(C)(C)S(=O)(=O)CCC(=O)NCCN. The van der Waals surface area contributed by atoms with Crippen LogP contribution in [0.1, 0.15) is 27.2 Å². The van der Waals surface area contributed by atoms with Crippen LogP contribution in [0.25, 0.3) is 0 Å². The molecule has 0 spiro atoms. The Balaban J connectivity index is 4.12. The summed E-state index contributed by atoms with van der Waals surface area (Å²) in [7, 11) is -3.21. The lowest BCUT2D eigenvalue weighted by Gasteiger charge is -2.18. The minimum absolute atomic E-state index is 0.000394. The lowest BCUT2D eigenvalue weighted by Crippen LogP contribution is -2.34. The molecule has 0 radical (unpaired) electrons. The van der Waals surface area contributed by atoms with Crippen molar-refractivity contribution >= 4 is 15.7 Å². The maximum Gasteiger partial charge on any atom is 0.221 e. The first-order valence-corrected chi connectivity index (χ1v) is 6.55. The van der Waals surface area contributed by atoms with Gasteiger partial charge in [0.15, 0.2) is 9.84 Å². The van der Waals surface area contributed by atoms with Gasteiger partial charge in [-0.2, -0.15) is 0 Å². The first-order valence-electron chi connectivity index (χ1n) is 4.90. The first-order chi connectivity index (χ1) is 6.70. The van der Waals surface area contributed by atoms with E-state index in [1.807, 2.05) is 0 Å². The molecule has 6 heteroatoms. The van der Waals surface area contributed by atoms with Gasteiger partial charge in [0.05, 0.1) is 10.5 Å². The van der Waals surface area contributed by atoms with E-state index in [1.54, 1.807) is 20.8 Å². The van der Waals surface area contributed by atoms with Crippen molar-refractivity contribution in [2.45, 2.75) is 31.9 Å². The molecule has 3 N–H and O–H groups in total. The maximum atomic E-state index is 11.6. The molecule has 0 fully saturated rings. The first kappa shape index (κ1) is 14.4. The Hall–Kier alpha value is -0.620. The smallest absolute Gasteiger partial charge is 0.221 e. The van der Waals surface area contributed by atoms with Crippen molar-refractivity contribution in [2.75, 3.05) is 18.8 Å². The van der Waals surface area contributed by atoms with Crippen LogP contribution in [0.5, 0.6) is 0 Å². The fraction of sp³-hybridized carbons (Fsp3) is 0.889. The molecule has 15 heavy (non-hydrogen) atoms. The van der Waals surface area contributed by atoms with Crippen molar-refractivity contribution in [3.8, 4) is 0 Å². The van der Waals surface area contributed by atoms with Gasteiger partial charge >= 0.3 is 0 Å². The second-order valence-electron chi connectivity index (χ2n) is 4.32. The van der Waals surface area contributed by atoms with Gasteiger partial charge in [0.25, 0.3) is 0 Å². The molecule has 0 aromatic carbocycles. The molecule has 0 saturated carbocycles. The van der Waals surface area contributed by atoms with Crippen molar-refractivity contribution in [2.24, 2.45) is 5.73 Å². The highest BCUT2D eigenvalue weighted by molar-refractivity contribution is 7.92. The van der Waals surface area contributed by atoms with Crippen LogP contribution in [0.3, 0.4) is 0 Å². The van der Waals surface area contributed by atoms with Gasteiger partial charge in [-0.1, -0.05) is 0 Å². The highest BCUT2D eigenvalue weighted by Crippen LogP contribution is 2.16. The topological polar surface area (TPSA) is 89.3 Å².